The molecule has 0 aliphatic heterocycles. The molecule has 0 aliphatic carbocycles. The number of anilines is 2. The summed E-state index contributed by atoms with van der Waals surface area (Å²) in [6.07, 6.45) is 4.58. The molecule has 0 saturated carbocycles. The van der Waals surface area contributed by atoms with Crippen molar-refractivity contribution in [3.05, 3.63) is 101 Å². The summed E-state index contributed by atoms with van der Waals surface area (Å²) in [5.41, 5.74) is 1.96. The van der Waals surface area contributed by atoms with Gasteiger partial charge in [-0.05, 0) is 42.0 Å². The van der Waals surface area contributed by atoms with Gasteiger partial charge in [-0.3, -0.25) is 4.79 Å². The third-order valence-electron chi connectivity index (χ3n) is 7.84. The summed E-state index contributed by atoms with van der Waals surface area (Å²) >= 11 is 0. The van der Waals surface area contributed by atoms with Gasteiger partial charge >= 0.3 is 0 Å². The van der Waals surface area contributed by atoms with Crippen molar-refractivity contribution in [1.29, 1.82) is 0 Å². The minimum absolute atomic E-state index is 0.0975. The number of ether oxygens (including phenoxy) is 6. The Hall–Kier alpha value is -5.70. The molecule has 0 unspecified atom stereocenters. The summed E-state index contributed by atoms with van der Waals surface area (Å²) in [6.45, 7) is 2.09. The fourth-order valence-electron chi connectivity index (χ4n) is 5.36. The number of nitrogens with zero attached hydrogens (tertiary/aromatic N) is 4. The van der Waals surface area contributed by atoms with E-state index in [2.05, 4.69) is 20.3 Å². The quantitative estimate of drug-likeness (QED) is 0.111. The Morgan fingerprint density at radius 3 is 2.20 bits per heavy atom. The van der Waals surface area contributed by atoms with Crippen molar-refractivity contribution in [3.8, 4) is 34.3 Å². The van der Waals surface area contributed by atoms with Gasteiger partial charge < -0.3 is 38.3 Å². The third-order valence-corrected chi connectivity index (χ3v) is 7.84. The van der Waals surface area contributed by atoms with Crippen LogP contribution in [0.3, 0.4) is 0 Å². The highest BCUT2D eigenvalue weighted by atomic mass is 19.1. The van der Waals surface area contributed by atoms with Gasteiger partial charge in [-0.15, -0.1) is 0 Å². The van der Waals surface area contributed by atoms with Gasteiger partial charge in [0.15, 0.2) is 23.1 Å². The smallest absolute Gasteiger partial charge is 0.230 e. The summed E-state index contributed by atoms with van der Waals surface area (Å²) in [5.74, 6) is -0.0603. The Kier molecular flexibility index (Phi) is 11.3. The molecule has 0 fully saturated rings. The maximum atomic E-state index is 15.7. The van der Waals surface area contributed by atoms with E-state index >= 15 is 4.39 Å². The van der Waals surface area contributed by atoms with Gasteiger partial charge in [0.1, 0.15) is 31.2 Å². The van der Waals surface area contributed by atoms with Crippen LogP contribution in [0, 0.1) is 11.6 Å². The minimum Gasteiger partial charge on any atom is -0.487 e. The summed E-state index contributed by atoms with van der Waals surface area (Å²) in [4.78, 5) is 26.9. The standard InChI is InChI=1S/C37H35F2N5O7/c1-46-13-12-44-21-27(23-4-6-24(38)7-5-23)35(45)34-30(44)10-11-40-36(34)43-25-8-9-31(28(39)18-25)51-37-26-19-32(49-16-14-47-2)33(50-17-15-48-3)20-29(26)41-22-42-37/h4-11,18-22H,12-17H2,1-3H3,(H,40,43). The highest BCUT2D eigenvalue weighted by Gasteiger charge is 2.18. The molecular weight excluding hydrogens is 664 g/mol. The predicted octanol–water partition coefficient (Wildman–Crippen LogP) is 6.52. The molecule has 0 saturated heterocycles. The molecule has 14 heteroatoms. The number of pyridine rings is 2. The first-order valence-electron chi connectivity index (χ1n) is 15.9. The molecular formula is C37H35F2N5O7. The van der Waals surface area contributed by atoms with Crippen molar-refractivity contribution in [2.75, 3.05) is 59.7 Å². The molecule has 6 rings (SSSR count). The normalized spacial score (nSPS) is 11.2. The minimum atomic E-state index is -0.701. The highest BCUT2D eigenvalue weighted by Crippen LogP contribution is 2.37. The van der Waals surface area contributed by atoms with E-state index in [1.165, 1.54) is 30.6 Å². The van der Waals surface area contributed by atoms with Gasteiger partial charge in [-0.1, -0.05) is 12.1 Å². The SMILES string of the molecule is COCCOc1cc2ncnc(Oc3ccc(Nc4nccc5c4c(=O)c(-c4ccc(F)cc4)cn5CCOC)cc3F)c2cc1OCCOC. The van der Waals surface area contributed by atoms with Crippen LogP contribution in [-0.4, -0.2) is 73.9 Å². The Labute approximate surface area is 291 Å². The van der Waals surface area contributed by atoms with Crippen LogP contribution in [0.25, 0.3) is 32.9 Å². The van der Waals surface area contributed by atoms with Crippen LogP contribution < -0.4 is 25.0 Å². The molecule has 0 radical (unpaired) electrons. The van der Waals surface area contributed by atoms with E-state index in [0.29, 0.717) is 71.1 Å². The fraction of sp³-hybridized carbons (Fsp3) is 0.243. The molecule has 0 aliphatic rings. The molecule has 3 aromatic heterocycles. The first kappa shape index (κ1) is 35.1. The van der Waals surface area contributed by atoms with E-state index in [1.807, 2.05) is 4.57 Å². The second-order valence-corrected chi connectivity index (χ2v) is 11.2. The number of halogens is 2. The summed E-state index contributed by atoms with van der Waals surface area (Å²) < 4.78 is 64.4. The monoisotopic (exact) mass is 699 g/mol. The van der Waals surface area contributed by atoms with Crippen LogP contribution in [0.2, 0.25) is 0 Å². The van der Waals surface area contributed by atoms with Crippen LogP contribution in [0.5, 0.6) is 23.1 Å². The topological polar surface area (TPSA) is 128 Å². The van der Waals surface area contributed by atoms with Crippen LogP contribution in [-0.2, 0) is 20.8 Å². The number of fused-ring (bicyclic) bond motifs is 2. The molecule has 0 bridgehead atoms. The van der Waals surface area contributed by atoms with Crippen molar-refractivity contribution in [2.24, 2.45) is 0 Å². The van der Waals surface area contributed by atoms with Crippen molar-refractivity contribution < 1.29 is 37.2 Å². The molecule has 3 heterocycles. The average Bonchev–Trinajstić information content (AvgIpc) is 3.13. The Morgan fingerprint density at radius 1 is 0.765 bits per heavy atom. The van der Waals surface area contributed by atoms with E-state index in [0.717, 1.165) is 0 Å². The number of methoxy groups -OCH3 is 3. The molecule has 6 aromatic rings. The van der Waals surface area contributed by atoms with Gasteiger partial charge in [0, 0.05) is 63.7 Å². The zero-order valence-corrected chi connectivity index (χ0v) is 28.2. The van der Waals surface area contributed by atoms with E-state index in [-0.39, 0.29) is 41.5 Å². The van der Waals surface area contributed by atoms with Gasteiger partial charge in [0.25, 0.3) is 0 Å². The number of hydrogen-bond acceptors (Lipinski definition) is 11. The lowest BCUT2D eigenvalue weighted by Crippen LogP contribution is -2.16. The molecule has 1 N–H and O–H groups in total. The summed E-state index contributed by atoms with van der Waals surface area (Å²) in [6, 6.07) is 15.0. The number of rotatable bonds is 16. The lowest BCUT2D eigenvalue weighted by Gasteiger charge is -2.16. The van der Waals surface area contributed by atoms with Crippen LogP contribution >= 0.6 is 0 Å². The van der Waals surface area contributed by atoms with Gasteiger partial charge in [0.2, 0.25) is 11.3 Å². The lowest BCUT2D eigenvalue weighted by atomic mass is 10.0. The molecule has 0 amide bonds. The van der Waals surface area contributed by atoms with E-state index in [4.69, 9.17) is 28.4 Å². The Balaban J connectivity index is 1.32. The second kappa shape index (κ2) is 16.3. The Morgan fingerprint density at radius 2 is 1.49 bits per heavy atom. The average molecular weight is 700 g/mol. The van der Waals surface area contributed by atoms with Crippen molar-refractivity contribution in [2.45, 2.75) is 6.54 Å². The lowest BCUT2D eigenvalue weighted by molar-refractivity contribution is 0.132. The summed E-state index contributed by atoms with van der Waals surface area (Å²) in [7, 11) is 4.73. The molecule has 12 nitrogen and oxygen atoms in total. The van der Waals surface area contributed by atoms with Crippen LogP contribution in [0.15, 0.2) is 84.2 Å². The maximum Gasteiger partial charge on any atom is 0.230 e. The third kappa shape index (κ3) is 8.04. The summed E-state index contributed by atoms with van der Waals surface area (Å²) in [5, 5.41) is 3.83. The number of aromatic nitrogens is 4. The molecule has 3 aromatic carbocycles. The maximum absolute atomic E-state index is 15.7. The van der Waals surface area contributed by atoms with E-state index < -0.39 is 11.6 Å². The fourth-order valence-corrected chi connectivity index (χ4v) is 5.36. The zero-order chi connectivity index (χ0) is 35.7. The molecule has 51 heavy (non-hydrogen) atoms. The second-order valence-electron chi connectivity index (χ2n) is 11.2. The van der Waals surface area contributed by atoms with Crippen LogP contribution in [0.4, 0.5) is 20.3 Å². The number of benzene rings is 3. The zero-order valence-electron chi connectivity index (χ0n) is 28.2. The molecule has 0 atom stereocenters. The number of nitrogens with one attached hydrogen (secondary N) is 1. The largest absolute Gasteiger partial charge is 0.487 e. The number of hydrogen-bond donors (Lipinski definition) is 1. The van der Waals surface area contributed by atoms with Gasteiger partial charge in [-0.25, -0.2) is 23.7 Å². The molecule has 0 spiro atoms. The molecule has 264 valence electrons. The Bertz CT molecular complexity index is 2200. The van der Waals surface area contributed by atoms with Crippen molar-refractivity contribution >= 4 is 33.3 Å². The van der Waals surface area contributed by atoms with E-state index in [9.17, 15) is 9.18 Å². The van der Waals surface area contributed by atoms with Gasteiger partial charge in [-0.2, -0.15) is 0 Å². The predicted molar refractivity (Wildman–Crippen MR) is 187 cm³/mol. The van der Waals surface area contributed by atoms with Gasteiger partial charge in [0.05, 0.1) is 41.6 Å². The van der Waals surface area contributed by atoms with Crippen LogP contribution in [0.1, 0.15) is 0 Å². The highest BCUT2D eigenvalue weighted by molar-refractivity contribution is 5.94. The van der Waals surface area contributed by atoms with Crippen molar-refractivity contribution in [3.63, 3.8) is 0 Å². The van der Waals surface area contributed by atoms with Crippen molar-refractivity contribution in [1.82, 2.24) is 19.5 Å². The first-order chi connectivity index (χ1) is 24.9. The van der Waals surface area contributed by atoms with E-state index in [1.54, 1.807) is 70.1 Å². The first-order valence-corrected chi connectivity index (χ1v) is 15.9.